The maximum absolute atomic E-state index is 10.2. The van der Waals surface area contributed by atoms with Crippen molar-refractivity contribution in [3.05, 3.63) is 59.2 Å². The van der Waals surface area contributed by atoms with Gasteiger partial charge in [-0.3, -0.25) is 10.4 Å². The van der Waals surface area contributed by atoms with Gasteiger partial charge in [0, 0.05) is 28.0 Å². The highest BCUT2D eigenvalue weighted by atomic mass is 32.1. The molecule has 0 saturated heterocycles. The lowest BCUT2D eigenvalue weighted by atomic mass is 10.1. The minimum absolute atomic E-state index is 0.185. The van der Waals surface area contributed by atoms with Gasteiger partial charge < -0.3 is 5.11 Å². The molecule has 4 heteroatoms. The van der Waals surface area contributed by atoms with E-state index in [9.17, 15) is 5.11 Å². The van der Waals surface area contributed by atoms with Crippen LogP contribution >= 0.6 is 11.3 Å². The van der Waals surface area contributed by atoms with E-state index in [0.29, 0.717) is 16.2 Å². The summed E-state index contributed by atoms with van der Waals surface area (Å²) in [7, 11) is 0. The SMILES string of the molecule is N=C(c1cccnc1)c1sc2ccccc2c1O. The van der Waals surface area contributed by atoms with Crippen LogP contribution in [0.2, 0.25) is 0 Å². The van der Waals surface area contributed by atoms with E-state index in [0.717, 1.165) is 10.1 Å². The zero-order valence-electron chi connectivity index (χ0n) is 9.42. The molecule has 18 heavy (non-hydrogen) atoms. The molecule has 2 aromatic heterocycles. The summed E-state index contributed by atoms with van der Waals surface area (Å²) in [5.74, 6) is 0.185. The number of pyridine rings is 1. The van der Waals surface area contributed by atoms with Crippen LogP contribution in [0, 0.1) is 5.41 Å². The molecule has 0 radical (unpaired) electrons. The van der Waals surface area contributed by atoms with Gasteiger partial charge in [0.15, 0.2) is 0 Å². The summed E-state index contributed by atoms with van der Waals surface area (Å²) in [6, 6.07) is 11.2. The molecule has 0 spiro atoms. The highest BCUT2D eigenvalue weighted by Gasteiger charge is 2.15. The number of benzene rings is 1. The Labute approximate surface area is 108 Å². The Morgan fingerprint density at radius 2 is 2.00 bits per heavy atom. The Bertz CT molecular complexity index is 719. The Kier molecular flexibility index (Phi) is 2.57. The van der Waals surface area contributed by atoms with Gasteiger partial charge in [0.2, 0.25) is 0 Å². The van der Waals surface area contributed by atoms with E-state index < -0.39 is 0 Å². The summed E-state index contributed by atoms with van der Waals surface area (Å²) in [5.41, 5.74) is 1.01. The first-order valence-electron chi connectivity index (χ1n) is 5.47. The van der Waals surface area contributed by atoms with Crippen molar-refractivity contribution < 1.29 is 5.11 Å². The fourth-order valence-corrected chi connectivity index (χ4v) is 2.91. The van der Waals surface area contributed by atoms with Crippen LogP contribution in [0.5, 0.6) is 5.75 Å². The molecule has 0 fully saturated rings. The first-order chi connectivity index (χ1) is 8.77. The fourth-order valence-electron chi connectivity index (χ4n) is 1.84. The molecular formula is C14H10N2OS. The third-order valence-corrected chi connectivity index (χ3v) is 3.92. The van der Waals surface area contributed by atoms with Crippen molar-refractivity contribution in [1.82, 2.24) is 4.98 Å². The largest absolute Gasteiger partial charge is 0.506 e. The highest BCUT2D eigenvalue weighted by molar-refractivity contribution is 7.21. The van der Waals surface area contributed by atoms with Crippen molar-refractivity contribution in [2.45, 2.75) is 0 Å². The molecule has 0 aliphatic carbocycles. The first kappa shape index (κ1) is 10.9. The van der Waals surface area contributed by atoms with Crippen molar-refractivity contribution in [1.29, 1.82) is 5.41 Å². The van der Waals surface area contributed by atoms with E-state index in [4.69, 9.17) is 5.41 Å². The number of aromatic hydroxyl groups is 1. The van der Waals surface area contributed by atoms with Crippen molar-refractivity contribution in [3.8, 4) is 5.75 Å². The van der Waals surface area contributed by atoms with Crippen LogP contribution in [-0.4, -0.2) is 15.8 Å². The van der Waals surface area contributed by atoms with Crippen molar-refractivity contribution in [2.75, 3.05) is 0 Å². The van der Waals surface area contributed by atoms with Crippen LogP contribution in [0.25, 0.3) is 10.1 Å². The van der Waals surface area contributed by atoms with Crippen LogP contribution in [0.4, 0.5) is 0 Å². The Morgan fingerprint density at radius 3 is 2.72 bits per heavy atom. The minimum atomic E-state index is 0.185. The van der Waals surface area contributed by atoms with Crippen molar-refractivity contribution in [2.24, 2.45) is 0 Å². The fraction of sp³-hybridized carbons (Fsp3) is 0. The normalized spacial score (nSPS) is 10.7. The molecule has 88 valence electrons. The predicted octanol–water partition coefficient (Wildman–Crippen LogP) is 3.42. The van der Waals surface area contributed by atoms with E-state index in [1.165, 1.54) is 11.3 Å². The second-order valence-electron chi connectivity index (χ2n) is 3.89. The maximum atomic E-state index is 10.2. The number of fused-ring (bicyclic) bond motifs is 1. The molecule has 3 rings (SSSR count). The number of hydrogen-bond donors (Lipinski definition) is 2. The summed E-state index contributed by atoms with van der Waals surface area (Å²) in [4.78, 5) is 4.58. The maximum Gasteiger partial charge on any atom is 0.143 e. The molecule has 0 amide bonds. The molecule has 0 bridgehead atoms. The van der Waals surface area contributed by atoms with Gasteiger partial charge in [-0.1, -0.05) is 12.1 Å². The molecule has 0 atom stereocenters. The number of aromatic nitrogens is 1. The number of nitrogens with one attached hydrogen (secondary N) is 1. The third-order valence-electron chi connectivity index (χ3n) is 2.75. The quantitative estimate of drug-likeness (QED) is 0.688. The third kappa shape index (κ3) is 1.67. The smallest absolute Gasteiger partial charge is 0.143 e. The minimum Gasteiger partial charge on any atom is -0.506 e. The van der Waals surface area contributed by atoms with Gasteiger partial charge in [0.25, 0.3) is 0 Å². The van der Waals surface area contributed by atoms with Crippen molar-refractivity contribution in [3.63, 3.8) is 0 Å². The number of rotatable bonds is 2. The molecule has 3 aromatic rings. The van der Waals surface area contributed by atoms with E-state index in [2.05, 4.69) is 4.98 Å². The van der Waals surface area contributed by atoms with Gasteiger partial charge in [-0.15, -0.1) is 11.3 Å². The lowest BCUT2D eigenvalue weighted by Gasteiger charge is -2.01. The second kappa shape index (κ2) is 4.23. The molecule has 1 aromatic carbocycles. The highest BCUT2D eigenvalue weighted by Crippen LogP contribution is 2.37. The molecular weight excluding hydrogens is 244 g/mol. The van der Waals surface area contributed by atoms with E-state index in [1.54, 1.807) is 18.5 Å². The van der Waals surface area contributed by atoms with Gasteiger partial charge in [-0.05, 0) is 24.3 Å². The van der Waals surface area contributed by atoms with Gasteiger partial charge in [0.05, 0.1) is 10.6 Å². The van der Waals surface area contributed by atoms with Crippen LogP contribution in [0.15, 0.2) is 48.8 Å². The molecule has 3 nitrogen and oxygen atoms in total. The molecule has 2 heterocycles. The van der Waals surface area contributed by atoms with Crippen LogP contribution in [0.1, 0.15) is 10.4 Å². The summed E-state index contributed by atoms with van der Waals surface area (Å²) in [6.07, 6.45) is 3.30. The lowest BCUT2D eigenvalue weighted by Crippen LogP contribution is -1.98. The van der Waals surface area contributed by atoms with Crippen LogP contribution in [-0.2, 0) is 0 Å². The molecule has 0 unspecified atom stereocenters. The molecule has 0 aliphatic heterocycles. The average molecular weight is 254 g/mol. The van der Waals surface area contributed by atoms with Crippen molar-refractivity contribution >= 4 is 27.1 Å². The average Bonchev–Trinajstić information content (AvgIpc) is 2.77. The van der Waals surface area contributed by atoms with E-state index in [-0.39, 0.29) is 5.75 Å². The predicted molar refractivity (Wildman–Crippen MR) is 73.7 cm³/mol. The number of hydrogen-bond acceptors (Lipinski definition) is 4. The Balaban J connectivity index is 2.15. The zero-order valence-corrected chi connectivity index (χ0v) is 10.2. The van der Waals surface area contributed by atoms with Gasteiger partial charge in [0.1, 0.15) is 5.75 Å². The summed E-state index contributed by atoms with van der Waals surface area (Å²) in [5, 5.41) is 19.1. The molecule has 0 saturated carbocycles. The van der Waals surface area contributed by atoms with Gasteiger partial charge in [-0.2, -0.15) is 0 Å². The Morgan fingerprint density at radius 1 is 1.17 bits per heavy atom. The molecule has 2 N–H and O–H groups in total. The monoisotopic (exact) mass is 254 g/mol. The lowest BCUT2D eigenvalue weighted by molar-refractivity contribution is 0.482. The summed E-state index contributed by atoms with van der Waals surface area (Å²) in [6.45, 7) is 0. The summed E-state index contributed by atoms with van der Waals surface area (Å²) >= 11 is 1.42. The van der Waals surface area contributed by atoms with Crippen LogP contribution in [0.3, 0.4) is 0 Å². The van der Waals surface area contributed by atoms with E-state index >= 15 is 0 Å². The summed E-state index contributed by atoms with van der Waals surface area (Å²) < 4.78 is 0.985. The second-order valence-corrected chi connectivity index (χ2v) is 4.94. The standard InChI is InChI=1S/C14H10N2OS/c15-12(9-4-3-7-16-8-9)14-13(17)10-5-1-2-6-11(10)18-14/h1-8,15,17H. The zero-order chi connectivity index (χ0) is 12.5. The van der Waals surface area contributed by atoms with Gasteiger partial charge in [-0.25, -0.2) is 0 Å². The first-order valence-corrected chi connectivity index (χ1v) is 6.29. The Hall–Kier alpha value is -2.20. The van der Waals surface area contributed by atoms with E-state index in [1.807, 2.05) is 30.3 Å². The van der Waals surface area contributed by atoms with Gasteiger partial charge >= 0.3 is 0 Å². The topological polar surface area (TPSA) is 57.0 Å². The molecule has 0 aliphatic rings. The van der Waals surface area contributed by atoms with Crippen LogP contribution < -0.4 is 0 Å². The number of nitrogens with zero attached hydrogens (tertiary/aromatic N) is 1. The number of thiophene rings is 1.